The highest BCUT2D eigenvalue weighted by molar-refractivity contribution is 6.24. The largest absolute Gasteiger partial charge is 0.497 e. The Bertz CT molecular complexity index is 920. The van der Waals surface area contributed by atoms with Crippen molar-refractivity contribution in [1.82, 2.24) is 4.90 Å². The number of imide groups is 1. The molecule has 2 aliphatic rings. The van der Waals surface area contributed by atoms with Gasteiger partial charge in [-0.1, -0.05) is 12.1 Å². The second-order valence-electron chi connectivity index (χ2n) is 6.00. The second-order valence-corrected chi connectivity index (χ2v) is 6.00. The van der Waals surface area contributed by atoms with Gasteiger partial charge in [-0.05, 0) is 36.4 Å². The predicted molar refractivity (Wildman–Crippen MR) is 92.1 cm³/mol. The lowest BCUT2D eigenvalue weighted by Gasteiger charge is -2.47. The number of carbonyl (C=O) groups excluding carboxylic acids is 4. The molecule has 2 heterocycles. The molecule has 0 bridgehead atoms. The number of rotatable bonds is 5. The molecule has 0 unspecified atom stereocenters. The SMILES string of the molecule is COc1ccc(N2C(=O)[C@@H](N3C(=O)c4ccccc4C3=O)[C@H]2OC=O)cc1. The quantitative estimate of drug-likeness (QED) is 0.449. The molecule has 0 spiro atoms. The first kappa shape index (κ1) is 16.8. The van der Waals surface area contributed by atoms with E-state index in [9.17, 15) is 19.2 Å². The van der Waals surface area contributed by atoms with E-state index < -0.39 is 30.0 Å². The molecule has 136 valence electrons. The fraction of sp³-hybridized carbons (Fsp3) is 0.158. The van der Waals surface area contributed by atoms with Gasteiger partial charge in [0.25, 0.3) is 24.2 Å². The van der Waals surface area contributed by atoms with Gasteiger partial charge in [-0.3, -0.25) is 29.0 Å². The summed E-state index contributed by atoms with van der Waals surface area (Å²) < 4.78 is 10.1. The van der Waals surface area contributed by atoms with Gasteiger partial charge in [0.15, 0.2) is 6.04 Å². The van der Waals surface area contributed by atoms with E-state index in [4.69, 9.17) is 9.47 Å². The van der Waals surface area contributed by atoms with Crippen molar-refractivity contribution in [1.29, 1.82) is 0 Å². The maximum Gasteiger partial charge on any atom is 0.295 e. The maximum absolute atomic E-state index is 12.8. The number of amides is 3. The molecule has 0 saturated carbocycles. The third-order valence-electron chi connectivity index (χ3n) is 4.66. The molecule has 2 aromatic carbocycles. The minimum Gasteiger partial charge on any atom is -0.497 e. The third-order valence-corrected chi connectivity index (χ3v) is 4.66. The molecule has 4 rings (SSSR count). The van der Waals surface area contributed by atoms with Gasteiger partial charge in [0.05, 0.1) is 18.2 Å². The lowest BCUT2D eigenvalue weighted by atomic mass is 10.0. The summed E-state index contributed by atoms with van der Waals surface area (Å²) in [5, 5.41) is 0. The number of nitrogens with zero attached hydrogens (tertiary/aromatic N) is 2. The van der Waals surface area contributed by atoms with E-state index in [0.717, 1.165) is 4.90 Å². The molecule has 2 aliphatic heterocycles. The molecule has 0 N–H and O–H groups in total. The highest BCUT2D eigenvalue weighted by Crippen LogP contribution is 2.36. The number of fused-ring (bicyclic) bond motifs is 1. The highest BCUT2D eigenvalue weighted by atomic mass is 16.5. The molecule has 3 amide bonds. The molecule has 0 aromatic heterocycles. The van der Waals surface area contributed by atoms with Crippen LogP contribution in [0.5, 0.6) is 5.75 Å². The summed E-state index contributed by atoms with van der Waals surface area (Å²) in [4.78, 5) is 51.1. The van der Waals surface area contributed by atoms with E-state index in [1.807, 2.05) is 0 Å². The summed E-state index contributed by atoms with van der Waals surface area (Å²) in [5.41, 5.74) is 0.909. The van der Waals surface area contributed by atoms with Crippen molar-refractivity contribution < 1.29 is 28.7 Å². The number of carbonyl (C=O) groups is 4. The number of ether oxygens (including phenoxy) is 2. The van der Waals surface area contributed by atoms with Gasteiger partial charge in [0, 0.05) is 5.69 Å². The van der Waals surface area contributed by atoms with Gasteiger partial charge < -0.3 is 9.47 Å². The van der Waals surface area contributed by atoms with Crippen molar-refractivity contribution in [3.63, 3.8) is 0 Å². The lowest BCUT2D eigenvalue weighted by Crippen LogP contribution is -2.72. The Balaban J connectivity index is 1.66. The topological polar surface area (TPSA) is 93.2 Å². The lowest BCUT2D eigenvalue weighted by molar-refractivity contribution is -0.152. The number of anilines is 1. The van der Waals surface area contributed by atoms with Crippen LogP contribution in [0.2, 0.25) is 0 Å². The fourth-order valence-corrected chi connectivity index (χ4v) is 3.36. The Morgan fingerprint density at radius 3 is 2.00 bits per heavy atom. The number of methoxy groups -OCH3 is 1. The van der Waals surface area contributed by atoms with Crippen molar-refractivity contribution in [2.75, 3.05) is 12.0 Å². The molecular weight excluding hydrogens is 352 g/mol. The zero-order valence-corrected chi connectivity index (χ0v) is 14.2. The van der Waals surface area contributed by atoms with Crippen molar-refractivity contribution in [3.8, 4) is 5.75 Å². The minimum absolute atomic E-state index is 0.193. The zero-order chi connectivity index (χ0) is 19.1. The normalized spacial score (nSPS) is 21.0. The van der Waals surface area contributed by atoms with Crippen molar-refractivity contribution in [2.45, 2.75) is 12.3 Å². The highest BCUT2D eigenvalue weighted by Gasteiger charge is 2.58. The molecular formula is C19H14N2O6. The molecule has 1 saturated heterocycles. The first-order chi connectivity index (χ1) is 13.1. The summed E-state index contributed by atoms with van der Waals surface area (Å²) in [6, 6.07) is 11.7. The Labute approximate surface area is 153 Å². The van der Waals surface area contributed by atoms with E-state index in [0.29, 0.717) is 11.4 Å². The molecule has 0 aliphatic carbocycles. The summed E-state index contributed by atoms with van der Waals surface area (Å²) >= 11 is 0. The summed E-state index contributed by atoms with van der Waals surface area (Å²) in [6.07, 6.45) is -1.09. The smallest absolute Gasteiger partial charge is 0.295 e. The van der Waals surface area contributed by atoms with Crippen molar-refractivity contribution >= 4 is 29.9 Å². The van der Waals surface area contributed by atoms with Crippen LogP contribution in [0.15, 0.2) is 48.5 Å². The van der Waals surface area contributed by atoms with Gasteiger partial charge in [-0.25, -0.2) is 0 Å². The average Bonchev–Trinajstić information content (AvgIpc) is 2.94. The minimum atomic E-state index is -1.20. The standard InChI is InChI=1S/C19H14N2O6/c1-26-12-8-6-11(7-9-12)20-18(25)15(19(20)27-10-22)21-16(23)13-4-2-3-5-14(13)17(21)24/h2-10,15,19H,1H3/t15-,19-/m1/s1. The van der Waals surface area contributed by atoms with E-state index in [-0.39, 0.29) is 17.6 Å². The number of β-lactam (4-membered cyclic amide) rings is 1. The van der Waals surface area contributed by atoms with Gasteiger partial charge in [-0.2, -0.15) is 0 Å². The molecule has 1 fully saturated rings. The molecule has 2 atom stereocenters. The van der Waals surface area contributed by atoms with Crippen LogP contribution in [0.25, 0.3) is 0 Å². The summed E-state index contributed by atoms with van der Waals surface area (Å²) in [7, 11) is 1.51. The average molecular weight is 366 g/mol. The van der Waals surface area contributed by atoms with E-state index >= 15 is 0 Å². The first-order valence-electron chi connectivity index (χ1n) is 8.11. The summed E-state index contributed by atoms with van der Waals surface area (Å²) in [5.74, 6) is -1.08. The monoisotopic (exact) mass is 366 g/mol. The van der Waals surface area contributed by atoms with E-state index in [1.165, 1.54) is 24.1 Å². The second kappa shape index (κ2) is 6.24. The van der Waals surface area contributed by atoms with Crippen LogP contribution in [0.3, 0.4) is 0 Å². The summed E-state index contributed by atoms with van der Waals surface area (Å²) in [6.45, 7) is 0.193. The Kier molecular flexibility index (Phi) is 3.88. The number of benzene rings is 2. The van der Waals surface area contributed by atoms with Gasteiger partial charge in [0.1, 0.15) is 5.75 Å². The van der Waals surface area contributed by atoms with Gasteiger partial charge in [0.2, 0.25) is 6.23 Å². The number of hydrogen-bond acceptors (Lipinski definition) is 6. The van der Waals surface area contributed by atoms with Crippen LogP contribution in [0, 0.1) is 0 Å². The van der Waals surface area contributed by atoms with E-state index in [2.05, 4.69) is 0 Å². The van der Waals surface area contributed by atoms with E-state index in [1.54, 1.807) is 36.4 Å². The molecule has 2 aromatic rings. The van der Waals surface area contributed by atoms with Crippen LogP contribution in [-0.4, -0.2) is 48.5 Å². The predicted octanol–water partition coefficient (Wildman–Crippen LogP) is 1.21. The van der Waals surface area contributed by atoms with Crippen LogP contribution >= 0.6 is 0 Å². The molecule has 8 heteroatoms. The Morgan fingerprint density at radius 2 is 1.48 bits per heavy atom. The molecule has 27 heavy (non-hydrogen) atoms. The van der Waals surface area contributed by atoms with Crippen molar-refractivity contribution in [3.05, 3.63) is 59.7 Å². The van der Waals surface area contributed by atoms with Crippen LogP contribution in [-0.2, 0) is 14.3 Å². The number of hydrogen-bond donors (Lipinski definition) is 0. The molecule has 8 nitrogen and oxygen atoms in total. The maximum atomic E-state index is 12.8. The zero-order valence-electron chi connectivity index (χ0n) is 14.2. The molecule has 0 radical (unpaired) electrons. The van der Waals surface area contributed by atoms with Gasteiger partial charge >= 0.3 is 0 Å². The van der Waals surface area contributed by atoms with Crippen LogP contribution in [0.1, 0.15) is 20.7 Å². The third kappa shape index (κ3) is 2.37. The van der Waals surface area contributed by atoms with Crippen LogP contribution < -0.4 is 9.64 Å². The van der Waals surface area contributed by atoms with Crippen molar-refractivity contribution in [2.24, 2.45) is 0 Å². The first-order valence-corrected chi connectivity index (χ1v) is 8.11. The fourth-order valence-electron chi connectivity index (χ4n) is 3.36. The Hall–Kier alpha value is -3.68. The van der Waals surface area contributed by atoms with Crippen LogP contribution in [0.4, 0.5) is 5.69 Å². The van der Waals surface area contributed by atoms with Gasteiger partial charge in [-0.15, -0.1) is 0 Å². The Morgan fingerprint density at radius 1 is 0.889 bits per heavy atom.